The van der Waals surface area contributed by atoms with Crippen molar-refractivity contribution in [1.29, 1.82) is 0 Å². The summed E-state index contributed by atoms with van der Waals surface area (Å²) in [6, 6.07) is 6.72. The van der Waals surface area contributed by atoms with Crippen molar-refractivity contribution in [2.24, 2.45) is 0 Å². The lowest BCUT2D eigenvalue weighted by Crippen LogP contribution is -2.51. The van der Waals surface area contributed by atoms with Crippen molar-refractivity contribution in [3.63, 3.8) is 0 Å². The number of para-hydroxylation sites is 2. The Labute approximate surface area is 141 Å². The van der Waals surface area contributed by atoms with Crippen molar-refractivity contribution in [1.82, 2.24) is 15.5 Å². The van der Waals surface area contributed by atoms with Gasteiger partial charge in [-0.15, -0.1) is 0 Å². The van der Waals surface area contributed by atoms with E-state index in [1.165, 1.54) is 4.90 Å². The van der Waals surface area contributed by atoms with Gasteiger partial charge in [0.05, 0.1) is 6.54 Å². The Morgan fingerprint density at radius 1 is 1.33 bits per heavy atom. The molecule has 2 N–H and O–H groups in total. The molecule has 0 aliphatic carbocycles. The molecular weight excluding hydrogens is 310 g/mol. The summed E-state index contributed by atoms with van der Waals surface area (Å²) in [5.74, 6) is 1.29. The summed E-state index contributed by atoms with van der Waals surface area (Å²) in [6.45, 7) is 1.45. The van der Waals surface area contributed by atoms with Gasteiger partial charge in [0.1, 0.15) is 12.6 Å². The summed E-state index contributed by atoms with van der Waals surface area (Å²) >= 11 is 0. The highest BCUT2D eigenvalue weighted by molar-refractivity contribution is 5.87. The number of urea groups is 1. The molecule has 2 aliphatic heterocycles. The highest BCUT2D eigenvalue weighted by Gasteiger charge is 2.27. The Morgan fingerprint density at radius 3 is 2.96 bits per heavy atom. The van der Waals surface area contributed by atoms with Gasteiger partial charge in [0.2, 0.25) is 5.91 Å². The standard InChI is InChI=1S/C17H23N3O4/c1-20(17(22)19-13-6-4-5-9-18-16(13)21)10-12-11-23-14-7-2-3-8-15(14)24-12/h2-3,7-8,12-13H,4-6,9-11H2,1H3,(H,18,21)(H,19,22)/t12-,13+/m0/s1. The molecule has 0 bridgehead atoms. The summed E-state index contributed by atoms with van der Waals surface area (Å²) in [6.07, 6.45) is 2.30. The predicted octanol–water partition coefficient (Wildman–Crippen LogP) is 1.14. The Kier molecular flexibility index (Phi) is 5.08. The van der Waals surface area contributed by atoms with Gasteiger partial charge in [-0.25, -0.2) is 4.79 Å². The number of amides is 3. The van der Waals surface area contributed by atoms with E-state index in [1.54, 1.807) is 7.05 Å². The molecule has 3 amide bonds. The molecule has 7 heteroatoms. The molecule has 0 spiro atoms. The van der Waals surface area contributed by atoms with Crippen molar-refractivity contribution in [2.75, 3.05) is 26.7 Å². The average molecular weight is 333 g/mol. The lowest BCUT2D eigenvalue weighted by atomic mass is 10.1. The van der Waals surface area contributed by atoms with Crippen LogP contribution in [-0.4, -0.2) is 55.7 Å². The van der Waals surface area contributed by atoms with Crippen LogP contribution in [0.4, 0.5) is 4.79 Å². The summed E-state index contributed by atoms with van der Waals surface area (Å²) in [4.78, 5) is 25.8. The second-order valence-corrected chi connectivity index (χ2v) is 6.17. The van der Waals surface area contributed by atoms with Gasteiger partial charge in [-0.2, -0.15) is 0 Å². The first-order valence-electron chi connectivity index (χ1n) is 8.31. The minimum absolute atomic E-state index is 0.111. The first-order valence-corrected chi connectivity index (χ1v) is 8.31. The predicted molar refractivity (Wildman–Crippen MR) is 88.2 cm³/mol. The molecular formula is C17H23N3O4. The van der Waals surface area contributed by atoms with E-state index < -0.39 is 6.04 Å². The molecule has 0 aromatic heterocycles. The van der Waals surface area contributed by atoms with Crippen molar-refractivity contribution in [3.05, 3.63) is 24.3 Å². The second kappa shape index (κ2) is 7.42. The quantitative estimate of drug-likeness (QED) is 0.869. The zero-order chi connectivity index (χ0) is 16.9. The third-order valence-electron chi connectivity index (χ3n) is 4.22. The van der Waals surface area contributed by atoms with Gasteiger partial charge in [-0.3, -0.25) is 4.79 Å². The summed E-state index contributed by atoms with van der Waals surface area (Å²) < 4.78 is 11.5. The highest BCUT2D eigenvalue weighted by atomic mass is 16.6. The van der Waals surface area contributed by atoms with Crippen LogP contribution in [0.5, 0.6) is 11.5 Å². The molecule has 2 heterocycles. The zero-order valence-electron chi connectivity index (χ0n) is 13.8. The molecule has 1 saturated heterocycles. The molecule has 2 aliphatic rings. The number of nitrogens with one attached hydrogen (secondary N) is 2. The van der Waals surface area contributed by atoms with E-state index >= 15 is 0 Å². The van der Waals surface area contributed by atoms with Crippen molar-refractivity contribution < 1.29 is 19.1 Å². The first kappa shape index (κ1) is 16.4. The smallest absolute Gasteiger partial charge is 0.317 e. The minimum Gasteiger partial charge on any atom is -0.486 e. The number of benzene rings is 1. The number of ether oxygens (including phenoxy) is 2. The fourth-order valence-corrected chi connectivity index (χ4v) is 2.88. The summed E-state index contributed by atoms with van der Waals surface area (Å²) in [5, 5.41) is 5.61. The maximum absolute atomic E-state index is 12.3. The minimum atomic E-state index is -0.466. The summed E-state index contributed by atoms with van der Waals surface area (Å²) in [7, 11) is 1.69. The van der Waals surface area contributed by atoms with Crippen LogP contribution in [-0.2, 0) is 4.79 Å². The molecule has 3 rings (SSSR count). The van der Waals surface area contributed by atoms with Gasteiger partial charge >= 0.3 is 6.03 Å². The van der Waals surface area contributed by atoms with E-state index in [-0.39, 0.29) is 18.0 Å². The number of carbonyl (C=O) groups is 2. The van der Waals surface area contributed by atoms with Gasteiger partial charge in [-0.05, 0) is 31.4 Å². The van der Waals surface area contributed by atoms with Gasteiger partial charge in [0, 0.05) is 13.6 Å². The maximum Gasteiger partial charge on any atom is 0.317 e. The van der Waals surface area contributed by atoms with E-state index in [0.717, 1.165) is 18.6 Å². The Balaban J connectivity index is 1.52. The number of fused-ring (bicyclic) bond motifs is 1. The lowest BCUT2D eigenvalue weighted by molar-refractivity contribution is -0.122. The third kappa shape index (κ3) is 3.90. The molecule has 7 nitrogen and oxygen atoms in total. The first-order chi connectivity index (χ1) is 11.6. The van der Waals surface area contributed by atoms with E-state index in [2.05, 4.69) is 10.6 Å². The molecule has 0 radical (unpaired) electrons. The van der Waals surface area contributed by atoms with Gasteiger partial charge in [-0.1, -0.05) is 12.1 Å². The Hall–Kier alpha value is -2.44. The highest BCUT2D eigenvalue weighted by Crippen LogP contribution is 2.30. The van der Waals surface area contributed by atoms with Crippen LogP contribution in [0.3, 0.4) is 0 Å². The van der Waals surface area contributed by atoms with Crippen LogP contribution in [0.25, 0.3) is 0 Å². The number of likely N-dealkylation sites (N-methyl/N-ethyl adjacent to an activating group) is 1. The SMILES string of the molecule is CN(C[C@H]1COc2ccccc2O1)C(=O)N[C@@H]1CCCCNC1=O. The average Bonchev–Trinajstić information content (AvgIpc) is 2.79. The number of nitrogens with zero attached hydrogens (tertiary/aromatic N) is 1. The van der Waals surface area contributed by atoms with Crippen molar-refractivity contribution in [3.8, 4) is 11.5 Å². The zero-order valence-corrected chi connectivity index (χ0v) is 13.8. The van der Waals surface area contributed by atoms with E-state index in [0.29, 0.717) is 31.9 Å². The molecule has 0 unspecified atom stereocenters. The topological polar surface area (TPSA) is 79.9 Å². The molecule has 2 atom stereocenters. The lowest BCUT2D eigenvalue weighted by Gasteiger charge is -2.30. The van der Waals surface area contributed by atoms with Crippen LogP contribution < -0.4 is 20.1 Å². The van der Waals surface area contributed by atoms with Crippen LogP contribution in [0, 0.1) is 0 Å². The van der Waals surface area contributed by atoms with E-state index in [4.69, 9.17) is 9.47 Å². The fraction of sp³-hybridized carbons (Fsp3) is 0.529. The Bertz CT molecular complexity index is 607. The van der Waals surface area contributed by atoms with Crippen LogP contribution in [0.15, 0.2) is 24.3 Å². The fourth-order valence-electron chi connectivity index (χ4n) is 2.88. The van der Waals surface area contributed by atoms with E-state index in [1.807, 2.05) is 24.3 Å². The monoisotopic (exact) mass is 333 g/mol. The molecule has 1 aromatic carbocycles. The van der Waals surface area contributed by atoms with Gasteiger partial charge in [0.25, 0.3) is 0 Å². The van der Waals surface area contributed by atoms with Crippen molar-refractivity contribution >= 4 is 11.9 Å². The van der Waals surface area contributed by atoms with Crippen LogP contribution >= 0.6 is 0 Å². The largest absolute Gasteiger partial charge is 0.486 e. The van der Waals surface area contributed by atoms with Crippen LogP contribution in [0.1, 0.15) is 19.3 Å². The van der Waals surface area contributed by atoms with Crippen molar-refractivity contribution in [2.45, 2.75) is 31.4 Å². The summed E-state index contributed by atoms with van der Waals surface area (Å²) in [5.41, 5.74) is 0. The molecule has 0 saturated carbocycles. The van der Waals surface area contributed by atoms with Gasteiger partial charge < -0.3 is 25.0 Å². The number of carbonyl (C=O) groups excluding carboxylic acids is 2. The molecule has 130 valence electrons. The Morgan fingerprint density at radius 2 is 2.12 bits per heavy atom. The molecule has 24 heavy (non-hydrogen) atoms. The van der Waals surface area contributed by atoms with Crippen LogP contribution in [0.2, 0.25) is 0 Å². The molecule has 1 fully saturated rings. The maximum atomic E-state index is 12.3. The third-order valence-corrected chi connectivity index (χ3v) is 4.22. The molecule has 1 aromatic rings. The second-order valence-electron chi connectivity index (χ2n) is 6.17. The number of hydrogen-bond acceptors (Lipinski definition) is 4. The normalized spacial score (nSPS) is 23.0. The number of rotatable bonds is 3. The van der Waals surface area contributed by atoms with Gasteiger partial charge in [0.15, 0.2) is 17.6 Å². The number of hydrogen-bond donors (Lipinski definition) is 2. The van der Waals surface area contributed by atoms with E-state index in [9.17, 15) is 9.59 Å².